The summed E-state index contributed by atoms with van der Waals surface area (Å²) in [5, 5.41) is 10.4. The molecule has 2 aromatic rings. The molecule has 0 aromatic heterocycles. The minimum atomic E-state index is -0.194. The van der Waals surface area contributed by atoms with E-state index in [4.69, 9.17) is 0 Å². The Kier molecular flexibility index (Phi) is 5.46. The minimum Gasteiger partial charge on any atom is -0.354 e. The molecule has 0 fully saturated rings. The van der Waals surface area contributed by atoms with E-state index in [1.165, 1.54) is 6.92 Å². The second kappa shape index (κ2) is 8.20. The molecule has 2 aliphatic rings. The van der Waals surface area contributed by atoms with Gasteiger partial charge in [0.25, 0.3) is 5.91 Å². The van der Waals surface area contributed by atoms with Crippen molar-refractivity contribution < 1.29 is 9.59 Å². The van der Waals surface area contributed by atoms with Gasteiger partial charge in [-0.2, -0.15) is 5.10 Å². The molecule has 2 heterocycles. The highest BCUT2D eigenvalue weighted by Gasteiger charge is 2.30. The first kappa shape index (κ1) is 20.0. The fraction of sp³-hybridized carbons (Fsp3) is 0.174. The summed E-state index contributed by atoms with van der Waals surface area (Å²) in [6.45, 7) is 5.53. The van der Waals surface area contributed by atoms with Gasteiger partial charge >= 0.3 is 0 Å². The fourth-order valence-corrected chi connectivity index (χ4v) is 4.36. The van der Waals surface area contributed by atoms with Crippen molar-refractivity contribution >= 4 is 45.6 Å². The monoisotopic (exact) mass is 418 g/mol. The molecule has 2 aliphatic heterocycles. The van der Waals surface area contributed by atoms with Gasteiger partial charge in [-0.25, -0.2) is 5.43 Å². The Morgan fingerprint density at radius 1 is 1.10 bits per heavy atom. The molecule has 30 heavy (non-hydrogen) atoms. The number of carbonyl (C=O) groups excluding carboxylic acids is 2. The average Bonchev–Trinajstić information content (AvgIpc) is 3.11. The Hall–Kier alpha value is -3.32. The van der Waals surface area contributed by atoms with E-state index in [2.05, 4.69) is 27.2 Å². The Morgan fingerprint density at radius 3 is 2.53 bits per heavy atom. The van der Waals surface area contributed by atoms with Crippen molar-refractivity contribution in [2.75, 3.05) is 10.6 Å². The van der Waals surface area contributed by atoms with Crippen LogP contribution in [0.1, 0.15) is 26.3 Å². The molecule has 0 unspecified atom stereocenters. The van der Waals surface area contributed by atoms with E-state index in [1.807, 2.05) is 62.4 Å². The topological polar surface area (TPSA) is 82.6 Å². The number of benzene rings is 2. The Labute approximate surface area is 179 Å². The number of amides is 2. The zero-order valence-electron chi connectivity index (χ0n) is 16.9. The lowest BCUT2D eigenvalue weighted by Crippen LogP contribution is -2.21. The molecule has 0 bridgehead atoms. The summed E-state index contributed by atoms with van der Waals surface area (Å²) in [6, 6.07) is 15.7. The van der Waals surface area contributed by atoms with Gasteiger partial charge in [0.05, 0.1) is 17.0 Å². The molecule has 2 amide bonds. The quantitative estimate of drug-likeness (QED) is 0.634. The Balaban J connectivity index is 1.73. The molecule has 0 aliphatic carbocycles. The summed E-state index contributed by atoms with van der Waals surface area (Å²) in [4.78, 5) is 25.8. The molecule has 7 heteroatoms. The maximum Gasteiger partial charge on any atom is 0.275 e. The summed E-state index contributed by atoms with van der Waals surface area (Å²) in [7, 11) is 0. The second-order valence-corrected chi connectivity index (χ2v) is 8.48. The van der Waals surface area contributed by atoms with Crippen LogP contribution < -0.4 is 16.1 Å². The number of hydrazone groups is 1. The van der Waals surface area contributed by atoms with Crippen LogP contribution >= 0.6 is 11.8 Å². The maximum atomic E-state index is 12.5. The average molecular weight is 419 g/mol. The third kappa shape index (κ3) is 4.02. The summed E-state index contributed by atoms with van der Waals surface area (Å²) in [5.41, 5.74) is 7.44. The standard InChI is InChI=1S/C23H22N4O2S/c1-13(2)22-21(23(29)27-26-22)19-12-20(17-6-4-5-7-18(17)25-19)30-16-10-8-15(9-11-16)24-14(3)28/h4-13,25H,1-3H3,(H,24,28)(H,27,29)/b21-19-. The first-order valence-electron chi connectivity index (χ1n) is 9.68. The van der Waals surface area contributed by atoms with E-state index in [9.17, 15) is 9.59 Å². The largest absolute Gasteiger partial charge is 0.354 e. The van der Waals surface area contributed by atoms with Gasteiger partial charge in [0.15, 0.2) is 0 Å². The maximum absolute atomic E-state index is 12.5. The number of hydrogen-bond acceptors (Lipinski definition) is 5. The predicted octanol–water partition coefficient (Wildman–Crippen LogP) is 4.60. The van der Waals surface area contributed by atoms with E-state index in [-0.39, 0.29) is 17.7 Å². The van der Waals surface area contributed by atoms with Crippen LogP contribution in [-0.4, -0.2) is 17.5 Å². The van der Waals surface area contributed by atoms with Gasteiger partial charge < -0.3 is 10.6 Å². The molecule has 0 saturated carbocycles. The van der Waals surface area contributed by atoms with Crippen molar-refractivity contribution in [3.05, 3.63) is 71.4 Å². The van der Waals surface area contributed by atoms with Crippen molar-refractivity contribution in [1.29, 1.82) is 0 Å². The predicted molar refractivity (Wildman–Crippen MR) is 122 cm³/mol. The van der Waals surface area contributed by atoms with Crippen LogP contribution in [0.4, 0.5) is 11.4 Å². The van der Waals surface area contributed by atoms with Crippen LogP contribution in [0.3, 0.4) is 0 Å². The number of carbonyl (C=O) groups is 2. The molecule has 3 N–H and O–H groups in total. The van der Waals surface area contributed by atoms with Crippen molar-refractivity contribution in [3.63, 3.8) is 0 Å². The highest BCUT2D eigenvalue weighted by atomic mass is 32.2. The van der Waals surface area contributed by atoms with Crippen LogP contribution in [0.2, 0.25) is 0 Å². The van der Waals surface area contributed by atoms with Crippen LogP contribution in [0.25, 0.3) is 4.91 Å². The van der Waals surface area contributed by atoms with Crippen molar-refractivity contribution in [2.24, 2.45) is 11.0 Å². The van der Waals surface area contributed by atoms with E-state index in [1.54, 1.807) is 11.8 Å². The third-order valence-electron chi connectivity index (χ3n) is 4.72. The molecular formula is C23H22N4O2S. The minimum absolute atomic E-state index is 0.0980. The summed E-state index contributed by atoms with van der Waals surface area (Å²) in [6.07, 6.45) is 2.01. The van der Waals surface area contributed by atoms with E-state index >= 15 is 0 Å². The Bertz CT molecular complexity index is 1110. The number of allylic oxidation sites excluding steroid dienone is 1. The van der Waals surface area contributed by atoms with Crippen LogP contribution in [0.5, 0.6) is 0 Å². The van der Waals surface area contributed by atoms with E-state index < -0.39 is 0 Å². The van der Waals surface area contributed by atoms with Crippen molar-refractivity contribution in [1.82, 2.24) is 5.43 Å². The van der Waals surface area contributed by atoms with Gasteiger partial charge in [-0.05, 0) is 42.3 Å². The first-order valence-corrected chi connectivity index (χ1v) is 10.5. The van der Waals surface area contributed by atoms with Gasteiger partial charge in [-0.15, -0.1) is 0 Å². The number of nitrogens with zero attached hydrogens (tertiary/aromatic N) is 1. The molecule has 0 saturated heterocycles. The number of thioether (sulfide) groups is 1. The molecule has 0 spiro atoms. The molecule has 0 atom stereocenters. The second-order valence-electron chi connectivity index (χ2n) is 7.37. The SMILES string of the molecule is CC(=O)Nc1ccc(SC2=C/C(=C3/C(=O)NN=C3C(C)C)Nc3ccccc32)cc1. The van der Waals surface area contributed by atoms with Gasteiger partial charge in [-0.3, -0.25) is 9.59 Å². The van der Waals surface area contributed by atoms with E-state index in [0.717, 1.165) is 38.1 Å². The lowest BCUT2D eigenvalue weighted by Gasteiger charge is -2.23. The Morgan fingerprint density at radius 2 is 1.83 bits per heavy atom. The number of anilines is 2. The van der Waals surface area contributed by atoms with E-state index in [0.29, 0.717) is 5.57 Å². The van der Waals surface area contributed by atoms with Gasteiger partial charge in [0.1, 0.15) is 0 Å². The zero-order valence-corrected chi connectivity index (χ0v) is 17.8. The van der Waals surface area contributed by atoms with Gasteiger partial charge in [0.2, 0.25) is 5.91 Å². The summed E-state index contributed by atoms with van der Waals surface area (Å²) >= 11 is 1.61. The number of hydrogen-bond donors (Lipinski definition) is 3. The van der Waals surface area contributed by atoms with Crippen LogP contribution in [-0.2, 0) is 9.59 Å². The van der Waals surface area contributed by atoms with Crippen molar-refractivity contribution in [2.45, 2.75) is 25.7 Å². The molecule has 0 radical (unpaired) electrons. The van der Waals surface area contributed by atoms with Crippen LogP contribution in [0.15, 0.2) is 75.9 Å². The smallest absolute Gasteiger partial charge is 0.275 e. The summed E-state index contributed by atoms with van der Waals surface area (Å²) < 4.78 is 0. The number of rotatable bonds is 4. The van der Waals surface area contributed by atoms with Crippen molar-refractivity contribution in [3.8, 4) is 0 Å². The highest BCUT2D eigenvalue weighted by Crippen LogP contribution is 2.42. The number of para-hydroxylation sites is 1. The molecule has 6 nitrogen and oxygen atoms in total. The van der Waals surface area contributed by atoms with Crippen LogP contribution in [0, 0.1) is 5.92 Å². The molecule has 4 rings (SSSR count). The summed E-state index contributed by atoms with van der Waals surface area (Å²) in [5.74, 6) is -0.170. The van der Waals surface area contributed by atoms with Gasteiger partial charge in [0, 0.05) is 33.7 Å². The molecule has 2 aromatic carbocycles. The van der Waals surface area contributed by atoms with Gasteiger partial charge in [-0.1, -0.05) is 43.8 Å². The zero-order chi connectivity index (χ0) is 21.3. The highest BCUT2D eigenvalue weighted by molar-refractivity contribution is 8.08. The first-order chi connectivity index (χ1) is 14.4. The third-order valence-corrected chi connectivity index (χ3v) is 5.78. The lowest BCUT2D eigenvalue weighted by atomic mass is 9.96. The number of nitrogens with one attached hydrogen (secondary N) is 3. The lowest BCUT2D eigenvalue weighted by molar-refractivity contribution is -0.116. The molecule has 152 valence electrons. The molecular weight excluding hydrogens is 396 g/mol. The number of fused-ring (bicyclic) bond motifs is 1. The normalized spacial score (nSPS) is 17.7. The fourth-order valence-electron chi connectivity index (χ4n) is 3.37.